The molecule has 2 aromatic carbocycles. The van der Waals surface area contributed by atoms with Gasteiger partial charge in [-0.1, -0.05) is 17.7 Å². The number of halogens is 2. The van der Waals surface area contributed by atoms with E-state index in [1.54, 1.807) is 24.0 Å². The summed E-state index contributed by atoms with van der Waals surface area (Å²) >= 11 is 1.65. The van der Waals surface area contributed by atoms with Crippen LogP contribution in [0.1, 0.15) is 25.0 Å². The molecule has 0 unspecified atom stereocenters. The number of rotatable bonds is 10. The highest BCUT2D eigenvalue weighted by molar-refractivity contribution is 7.97. The molecule has 30 heavy (non-hydrogen) atoms. The Bertz CT molecular complexity index is 940. The third-order valence-electron chi connectivity index (χ3n) is 4.02. The normalized spacial score (nSPS) is 11.2. The van der Waals surface area contributed by atoms with Crippen LogP contribution in [0.5, 0.6) is 11.5 Å². The first-order valence-electron chi connectivity index (χ1n) is 9.31. The van der Waals surface area contributed by atoms with Gasteiger partial charge in [-0.25, -0.2) is 8.78 Å². The highest BCUT2D eigenvalue weighted by atomic mass is 32.2. The van der Waals surface area contributed by atoms with Crippen LogP contribution in [0.4, 0.5) is 8.78 Å². The Morgan fingerprint density at radius 3 is 2.50 bits per heavy atom. The molecule has 0 fully saturated rings. The molecule has 0 heterocycles. The Hall–Kier alpha value is -2.64. The molecule has 0 atom stereocenters. The summed E-state index contributed by atoms with van der Waals surface area (Å²) in [5, 5.41) is 9.20. The van der Waals surface area contributed by atoms with Crippen LogP contribution in [0, 0.1) is 11.6 Å². The average Bonchev–Trinajstić information content (AvgIpc) is 2.70. The summed E-state index contributed by atoms with van der Waals surface area (Å²) in [5.41, 5.74) is 3.31. The summed E-state index contributed by atoms with van der Waals surface area (Å²) < 4.78 is 33.2. The number of aliphatic hydroxyl groups excluding tert-OH is 1. The van der Waals surface area contributed by atoms with Gasteiger partial charge in [-0.15, -0.1) is 0 Å². The van der Waals surface area contributed by atoms with Gasteiger partial charge in [-0.3, -0.25) is 4.79 Å². The average molecular weight is 434 g/mol. The molecule has 1 N–H and O–H groups in total. The van der Waals surface area contributed by atoms with Crippen LogP contribution in [0.15, 0.2) is 54.2 Å². The van der Waals surface area contributed by atoms with E-state index in [1.165, 1.54) is 11.0 Å². The fraction of sp³-hybridized carbons (Fsp3) is 0.261. The van der Waals surface area contributed by atoms with Crippen molar-refractivity contribution >= 4 is 23.7 Å². The molecule has 0 radical (unpaired) electrons. The van der Waals surface area contributed by atoms with Crippen molar-refractivity contribution in [2.75, 3.05) is 19.4 Å². The van der Waals surface area contributed by atoms with Gasteiger partial charge >= 0.3 is 0 Å². The Morgan fingerprint density at radius 1 is 1.17 bits per heavy atom. The van der Waals surface area contributed by atoms with Crippen molar-refractivity contribution in [3.8, 4) is 11.5 Å². The van der Waals surface area contributed by atoms with E-state index in [-0.39, 0.29) is 18.9 Å². The van der Waals surface area contributed by atoms with Gasteiger partial charge in [0.1, 0.15) is 11.6 Å². The van der Waals surface area contributed by atoms with Crippen LogP contribution in [0.3, 0.4) is 0 Å². The first kappa shape index (κ1) is 23.6. The van der Waals surface area contributed by atoms with E-state index in [4.69, 9.17) is 4.74 Å². The first-order chi connectivity index (χ1) is 14.4. The molecule has 4 nitrogen and oxygen atoms in total. The molecular weight excluding hydrogens is 408 g/mol. The maximum atomic E-state index is 14.2. The molecule has 2 aromatic rings. The van der Waals surface area contributed by atoms with E-state index < -0.39 is 11.6 Å². The molecule has 160 valence electrons. The highest BCUT2D eigenvalue weighted by Gasteiger charge is 2.14. The van der Waals surface area contributed by atoms with Crippen LogP contribution in [-0.4, -0.2) is 35.8 Å². The molecule has 0 saturated carbocycles. The predicted octanol–water partition coefficient (Wildman–Crippen LogP) is 5.38. The minimum Gasteiger partial charge on any atom is -0.454 e. The number of hydrogen-bond acceptors (Lipinski definition) is 4. The van der Waals surface area contributed by atoms with Crippen molar-refractivity contribution in [1.82, 2.24) is 4.90 Å². The van der Waals surface area contributed by atoms with E-state index >= 15 is 0 Å². The first-order valence-corrected chi connectivity index (χ1v) is 10.7. The number of thioether (sulfide) groups is 1. The highest BCUT2D eigenvalue weighted by Crippen LogP contribution is 2.34. The zero-order valence-corrected chi connectivity index (χ0v) is 18.0. The maximum absolute atomic E-state index is 14.2. The third-order valence-corrected chi connectivity index (χ3v) is 4.64. The molecule has 1 amide bonds. The quantitative estimate of drug-likeness (QED) is 0.404. The molecule has 0 bridgehead atoms. The van der Waals surface area contributed by atoms with E-state index in [0.717, 1.165) is 29.0 Å². The van der Waals surface area contributed by atoms with E-state index in [2.05, 4.69) is 0 Å². The smallest absolute Gasteiger partial charge is 0.213 e. The minimum absolute atomic E-state index is 0.102. The summed E-state index contributed by atoms with van der Waals surface area (Å²) in [6.45, 7) is 3.78. The van der Waals surface area contributed by atoms with Gasteiger partial charge < -0.3 is 14.7 Å². The van der Waals surface area contributed by atoms with Crippen molar-refractivity contribution in [3.05, 3.63) is 77.0 Å². The molecule has 0 aliphatic rings. The second-order valence-corrected chi connectivity index (χ2v) is 7.68. The number of aliphatic hydroxyl groups is 1. The molecule has 0 aliphatic heterocycles. The number of benzene rings is 2. The van der Waals surface area contributed by atoms with Crippen molar-refractivity contribution in [1.29, 1.82) is 0 Å². The molecule has 0 saturated heterocycles. The van der Waals surface area contributed by atoms with Crippen molar-refractivity contribution in [2.45, 2.75) is 19.6 Å². The zero-order valence-electron chi connectivity index (χ0n) is 17.2. The van der Waals surface area contributed by atoms with E-state index in [9.17, 15) is 18.7 Å². The van der Waals surface area contributed by atoms with Gasteiger partial charge in [0.05, 0.1) is 6.61 Å². The molecule has 0 aliphatic carbocycles. The van der Waals surface area contributed by atoms with Crippen LogP contribution in [0.2, 0.25) is 0 Å². The van der Waals surface area contributed by atoms with Crippen molar-refractivity contribution < 1.29 is 23.4 Å². The molecular formula is C23H25F2NO3S. The Morgan fingerprint density at radius 2 is 1.90 bits per heavy atom. The second kappa shape index (κ2) is 11.5. The lowest BCUT2D eigenvalue weighted by Crippen LogP contribution is -2.19. The predicted molar refractivity (Wildman–Crippen MR) is 117 cm³/mol. The number of hydrogen-bond donors (Lipinski definition) is 1. The number of carbonyl (C=O) groups is 1. The van der Waals surface area contributed by atoms with Crippen LogP contribution in [-0.2, 0) is 10.5 Å². The van der Waals surface area contributed by atoms with E-state index in [1.807, 2.05) is 38.3 Å². The number of allylic oxidation sites excluding steroid dienone is 3. The summed E-state index contributed by atoms with van der Waals surface area (Å²) in [6, 6.07) is 8.65. The largest absolute Gasteiger partial charge is 0.454 e. The zero-order chi connectivity index (χ0) is 22.1. The molecule has 0 aromatic heterocycles. The van der Waals surface area contributed by atoms with Crippen molar-refractivity contribution in [2.24, 2.45) is 0 Å². The Balaban J connectivity index is 2.61. The van der Waals surface area contributed by atoms with Gasteiger partial charge in [-0.2, -0.15) is 11.8 Å². The number of ether oxygens (including phenoxy) is 1. The lowest BCUT2D eigenvalue weighted by atomic mass is 10.0. The lowest BCUT2D eigenvalue weighted by Gasteiger charge is -2.17. The minimum atomic E-state index is -0.809. The SMILES string of the molecule is CSCc1ccc(Oc2ccc(F)cc2F)c(/C(C=C(C)C)=C/N(C=O)CCO)c1. The monoisotopic (exact) mass is 433 g/mol. The van der Waals surface area contributed by atoms with Crippen LogP contribution in [0.25, 0.3) is 5.57 Å². The summed E-state index contributed by atoms with van der Waals surface area (Å²) in [6.07, 6.45) is 6.10. The fourth-order valence-electron chi connectivity index (χ4n) is 2.76. The van der Waals surface area contributed by atoms with Crippen LogP contribution >= 0.6 is 11.8 Å². The molecule has 0 spiro atoms. The Labute approximate surface area is 179 Å². The van der Waals surface area contributed by atoms with Crippen LogP contribution < -0.4 is 4.74 Å². The second-order valence-electron chi connectivity index (χ2n) is 6.81. The molecule has 2 rings (SSSR count). The van der Waals surface area contributed by atoms with Gasteiger partial charge in [0, 0.05) is 35.7 Å². The molecule has 7 heteroatoms. The van der Waals surface area contributed by atoms with Crippen molar-refractivity contribution in [3.63, 3.8) is 0 Å². The number of carbonyl (C=O) groups excluding carboxylic acids is 1. The summed E-state index contributed by atoms with van der Waals surface area (Å²) in [4.78, 5) is 12.7. The van der Waals surface area contributed by atoms with E-state index in [0.29, 0.717) is 23.3 Å². The number of amides is 1. The Kier molecular flexibility index (Phi) is 9.08. The fourth-order valence-corrected chi connectivity index (χ4v) is 3.27. The third kappa shape index (κ3) is 6.71. The van der Waals surface area contributed by atoms with Gasteiger partial charge in [0.25, 0.3) is 0 Å². The van der Waals surface area contributed by atoms with Gasteiger partial charge in [0.2, 0.25) is 6.41 Å². The van der Waals surface area contributed by atoms with Gasteiger partial charge in [0.15, 0.2) is 11.6 Å². The maximum Gasteiger partial charge on any atom is 0.213 e. The lowest BCUT2D eigenvalue weighted by molar-refractivity contribution is -0.116. The summed E-state index contributed by atoms with van der Waals surface area (Å²) in [5.74, 6) is -0.477. The standard InChI is InChI=1S/C23H25F2NO3S/c1-16(2)10-18(13-26(15-28)8-9-27)20-11-17(14-30-3)4-6-22(20)29-23-7-5-19(24)12-21(23)25/h4-7,10-13,15,27H,8-9,14H2,1-3H3/b18-13+. The number of nitrogens with zero attached hydrogens (tertiary/aromatic N) is 1. The topological polar surface area (TPSA) is 49.8 Å². The van der Waals surface area contributed by atoms with Gasteiger partial charge in [-0.05, 0) is 49.9 Å². The summed E-state index contributed by atoms with van der Waals surface area (Å²) in [7, 11) is 0.